The van der Waals surface area contributed by atoms with Crippen molar-refractivity contribution in [2.45, 2.75) is 32.7 Å². The van der Waals surface area contributed by atoms with Crippen molar-refractivity contribution in [1.29, 1.82) is 0 Å². The molecule has 1 aliphatic heterocycles. The second-order valence-electron chi connectivity index (χ2n) is 8.11. The number of benzene rings is 2. The molecule has 1 amide bonds. The van der Waals surface area contributed by atoms with Crippen LogP contribution < -0.4 is 5.76 Å². The molecule has 0 radical (unpaired) electrons. The standard InChI is InChI=1S/C25H25N3O3/c1-17-6-4-7-20-24(17)19(16-26-20)18-11-14-27(15-12-18)23(29)10-5-13-28-21-8-2-3-9-22(21)31-25(28)30/h2-4,6-9,11,16,26H,5,10,12-15H2,1H3. The van der Waals surface area contributed by atoms with E-state index in [-0.39, 0.29) is 11.7 Å². The molecular weight excluding hydrogens is 390 g/mol. The van der Waals surface area contributed by atoms with Crippen LogP contribution in [0, 0.1) is 6.92 Å². The number of aryl methyl sites for hydroxylation is 2. The Hall–Kier alpha value is -3.54. The minimum atomic E-state index is -0.367. The number of aromatic amines is 1. The molecule has 5 rings (SSSR count). The smallest absolute Gasteiger partial charge is 0.408 e. The summed E-state index contributed by atoms with van der Waals surface area (Å²) in [5.74, 6) is -0.237. The minimum Gasteiger partial charge on any atom is -0.408 e. The van der Waals surface area contributed by atoms with Crippen molar-refractivity contribution < 1.29 is 9.21 Å². The Morgan fingerprint density at radius 1 is 1.16 bits per heavy atom. The lowest BCUT2D eigenvalue weighted by Crippen LogP contribution is -2.34. The van der Waals surface area contributed by atoms with Crippen molar-refractivity contribution in [3.05, 3.63) is 76.4 Å². The van der Waals surface area contributed by atoms with Gasteiger partial charge in [-0.25, -0.2) is 4.79 Å². The van der Waals surface area contributed by atoms with Gasteiger partial charge in [-0.15, -0.1) is 0 Å². The molecule has 2 aromatic heterocycles. The van der Waals surface area contributed by atoms with Gasteiger partial charge < -0.3 is 14.3 Å². The van der Waals surface area contributed by atoms with Crippen LogP contribution in [0.5, 0.6) is 0 Å². The first-order valence-electron chi connectivity index (χ1n) is 10.7. The Kier molecular flexibility index (Phi) is 4.98. The lowest BCUT2D eigenvalue weighted by atomic mass is 9.96. The van der Waals surface area contributed by atoms with Crippen molar-refractivity contribution >= 4 is 33.5 Å². The Morgan fingerprint density at radius 2 is 2.03 bits per heavy atom. The van der Waals surface area contributed by atoms with Gasteiger partial charge in [-0.1, -0.05) is 30.3 Å². The quantitative estimate of drug-likeness (QED) is 0.522. The summed E-state index contributed by atoms with van der Waals surface area (Å²) in [5.41, 5.74) is 6.30. The fraction of sp³-hybridized carbons (Fsp3) is 0.280. The Morgan fingerprint density at radius 3 is 2.87 bits per heavy atom. The van der Waals surface area contributed by atoms with Crippen molar-refractivity contribution in [2.75, 3.05) is 13.1 Å². The number of oxazole rings is 1. The zero-order valence-corrected chi connectivity index (χ0v) is 17.6. The van der Waals surface area contributed by atoms with Gasteiger partial charge in [0, 0.05) is 48.7 Å². The average Bonchev–Trinajstić information content (AvgIpc) is 3.36. The number of H-pyrrole nitrogens is 1. The fourth-order valence-electron chi connectivity index (χ4n) is 4.53. The van der Waals surface area contributed by atoms with E-state index in [0.717, 1.165) is 24.0 Å². The van der Waals surface area contributed by atoms with E-state index in [1.807, 2.05) is 23.1 Å². The number of para-hydroxylation sites is 2. The maximum absolute atomic E-state index is 12.7. The van der Waals surface area contributed by atoms with Crippen LogP contribution in [0.4, 0.5) is 0 Å². The highest BCUT2D eigenvalue weighted by molar-refractivity contribution is 5.95. The van der Waals surface area contributed by atoms with Gasteiger partial charge in [-0.2, -0.15) is 0 Å². The molecule has 0 fully saturated rings. The fourth-order valence-corrected chi connectivity index (χ4v) is 4.53. The van der Waals surface area contributed by atoms with Crippen molar-refractivity contribution in [3.63, 3.8) is 0 Å². The third-order valence-corrected chi connectivity index (χ3v) is 6.17. The lowest BCUT2D eigenvalue weighted by molar-refractivity contribution is -0.130. The van der Waals surface area contributed by atoms with Gasteiger partial charge in [-0.3, -0.25) is 9.36 Å². The van der Waals surface area contributed by atoms with E-state index >= 15 is 0 Å². The van der Waals surface area contributed by atoms with Crippen LogP contribution >= 0.6 is 0 Å². The molecule has 0 spiro atoms. The topological polar surface area (TPSA) is 71.2 Å². The predicted molar refractivity (Wildman–Crippen MR) is 122 cm³/mol. The third kappa shape index (κ3) is 3.58. The maximum atomic E-state index is 12.7. The van der Waals surface area contributed by atoms with Crippen LogP contribution in [-0.4, -0.2) is 33.4 Å². The van der Waals surface area contributed by atoms with Crippen LogP contribution in [0.15, 0.2) is 63.9 Å². The highest BCUT2D eigenvalue weighted by Crippen LogP contribution is 2.31. The largest absolute Gasteiger partial charge is 0.419 e. The summed E-state index contributed by atoms with van der Waals surface area (Å²) in [6.07, 6.45) is 6.12. The zero-order chi connectivity index (χ0) is 21.4. The third-order valence-electron chi connectivity index (χ3n) is 6.17. The minimum absolute atomic E-state index is 0.131. The molecular formula is C25H25N3O3. The molecule has 0 saturated heterocycles. The Balaban J connectivity index is 1.22. The van der Waals surface area contributed by atoms with Crippen LogP contribution in [0.1, 0.15) is 30.4 Å². The van der Waals surface area contributed by atoms with Crippen LogP contribution in [0.3, 0.4) is 0 Å². The number of carbonyl (C=O) groups excluding carboxylic acids is 1. The van der Waals surface area contributed by atoms with Gasteiger partial charge in [0.15, 0.2) is 5.58 Å². The zero-order valence-electron chi connectivity index (χ0n) is 17.6. The summed E-state index contributed by atoms with van der Waals surface area (Å²) in [5, 5.41) is 1.27. The molecule has 1 aliphatic rings. The summed E-state index contributed by atoms with van der Waals surface area (Å²) < 4.78 is 6.87. The van der Waals surface area contributed by atoms with Gasteiger partial charge >= 0.3 is 5.76 Å². The molecule has 6 heteroatoms. The Labute approximate surface area is 179 Å². The van der Waals surface area contributed by atoms with E-state index in [1.165, 1.54) is 22.1 Å². The molecule has 3 heterocycles. The molecule has 0 aliphatic carbocycles. The van der Waals surface area contributed by atoms with Gasteiger partial charge in [-0.05, 0) is 49.1 Å². The van der Waals surface area contributed by atoms with E-state index in [4.69, 9.17) is 4.42 Å². The first-order chi connectivity index (χ1) is 15.1. The van der Waals surface area contributed by atoms with Crippen LogP contribution in [0.25, 0.3) is 27.6 Å². The second-order valence-corrected chi connectivity index (χ2v) is 8.11. The van der Waals surface area contributed by atoms with Gasteiger partial charge in [0.1, 0.15) is 0 Å². The molecule has 0 atom stereocenters. The maximum Gasteiger partial charge on any atom is 0.419 e. The van der Waals surface area contributed by atoms with E-state index in [9.17, 15) is 9.59 Å². The summed E-state index contributed by atoms with van der Waals surface area (Å²) in [4.78, 5) is 30.1. The number of fused-ring (bicyclic) bond motifs is 2. The molecule has 4 aromatic rings. The summed E-state index contributed by atoms with van der Waals surface area (Å²) in [6, 6.07) is 13.7. The molecule has 0 unspecified atom stereocenters. The lowest BCUT2D eigenvalue weighted by Gasteiger charge is -2.26. The van der Waals surface area contributed by atoms with Crippen LogP contribution in [-0.2, 0) is 11.3 Å². The van der Waals surface area contributed by atoms with Crippen molar-refractivity contribution in [3.8, 4) is 0 Å². The molecule has 31 heavy (non-hydrogen) atoms. The molecule has 158 valence electrons. The monoisotopic (exact) mass is 415 g/mol. The van der Waals surface area contributed by atoms with E-state index < -0.39 is 0 Å². The number of carbonyl (C=O) groups is 1. The number of amides is 1. The number of hydrogen-bond donors (Lipinski definition) is 1. The first kappa shape index (κ1) is 19.4. The normalized spacial score (nSPS) is 14.4. The second kappa shape index (κ2) is 7.95. The van der Waals surface area contributed by atoms with E-state index in [2.05, 4.69) is 42.4 Å². The average molecular weight is 415 g/mol. The Bertz CT molecular complexity index is 1360. The highest BCUT2D eigenvalue weighted by atomic mass is 16.4. The number of nitrogens with one attached hydrogen (secondary N) is 1. The van der Waals surface area contributed by atoms with E-state index in [1.54, 1.807) is 10.6 Å². The number of nitrogens with zero attached hydrogens (tertiary/aromatic N) is 2. The first-order valence-corrected chi connectivity index (χ1v) is 10.7. The predicted octanol–water partition coefficient (Wildman–Crippen LogP) is 4.48. The van der Waals surface area contributed by atoms with Gasteiger partial charge in [0.2, 0.25) is 5.91 Å². The van der Waals surface area contributed by atoms with Gasteiger partial charge in [0.05, 0.1) is 5.52 Å². The highest BCUT2D eigenvalue weighted by Gasteiger charge is 2.20. The molecule has 0 bridgehead atoms. The van der Waals surface area contributed by atoms with E-state index in [0.29, 0.717) is 31.5 Å². The molecule has 1 N–H and O–H groups in total. The number of aromatic nitrogens is 2. The molecule has 2 aromatic carbocycles. The molecule has 0 saturated carbocycles. The van der Waals surface area contributed by atoms with Crippen molar-refractivity contribution in [2.24, 2.45) is 0 Å². The SMILES string of the molecule is Cc1cccc2[nH]cc(C3=CCN(C(=O)CCCn4c(=O)oc5ccccc54)CC3)c12. The molecule has 6 nitrogen and oxygen atoms in total. The summed E-state index contributed by atoms with van der Waals surface area (Å²) >= 11 is 0. The summed E-state index contributed by atoms with van der Waals surface area (Å²) in [6.45, 7) is 3.96. The number of hydrogen-bond acceptors (Lipinski definition) is 3. The van der Waals surface area contributed by atoms with Gasteiger partial charge in [0.25, 0.3) is 0 Å². The summed E-state index contributed by atoms with van der Waals surface area (Å²) in [7, 11) is 0. The van der Waals surface area contributed by atoms with Crippen LogP contribution in [0.2, 0.25) is 0 Å². The number of rotatable bonds is 5. The van der Waals surface area contributed by atoms with Crippen molar-refractivity contribution in [1.82, 2.24) is 14.5 Å².